The molecule has 0 saturated heterocycles. The maximum atomic E-state index is 14.2. The molecule has 0 aliphatic heterocycles. The van der Waals surface area contributed by atoms with Crippen molar-refractivity contribution >= 4 is 29.7 Å². The van der Waals surface area contributed by atoms with Gasteiger partial charge < -0.3 is 20.3 Å². The lowest BCUT2D eigenvalue weighted by Crippen LogP contribution is -2.56. The van der Waals surface area contributed by atoms with Crippen LogP contribution in [0.4, 0.5) is 4.79 Å². The Morgan fingerprint density at radius 1 is 1.05 bits per heavy atom. The van der Waals surface area contributed by atoms with Gasteiger partial charge in [0.25, 0.3) is 0 Å². The molecule has 0 spiro atoms. The van der Waals surface area contributed by atoms with Gasteiger partial charge in [-0.15, -0.1) is 0 Å². The van der Waals surface area contributed by atoms with Gasteiger partial charge in [-0.05, 0) is 96.4 Å². The summed E-state index contributed by atoms with van der Waals surface area (Å²) in [4.78, 5) is 42.5. The van der Waals surface area contributed by atoms with Crippen LogP contribution < -0.4 is 10.6 Å². The molecule has 3 amide bonds. The molecule has 0 bridgehead atoms. The van der Waals surface area contributed by atoms with Crippen molar-refractivity contribution in [2.75, 3.05) is 12.0 Å². The Hall–Kier alpha value is -2.22. The number of alkyl carbamates (subject to hydrolysis) is 1. The number of ether oxygens (including phenoxy) is 1. The molecule has 0 fully saturated rings. The number of benzene rings is 1. The minimum absolute atomic E-state index is 0.0221. The van der Waals surface area contributed by atoms with Gasteiger partial charge in [-0.2, -0.15) is 11.8 Å². The average molecular weight is 536 g/mol. The zero-order chi connectivity index (χ0) is 28.3. The van der Waals surface area contributed by atoms with E-state index in [1.807, 2.05) is 59.1 Å². The van der Waals surface area contributed by atoms with E-state index >= 15 is 0 Å². The molecule has 0 radical (unpaired) electrons. The standard InChI is InChI=1S/C29H49N3O4S/c1-11-14-20(4)30-26(33)25(23-16-13-15-19(3)22(23)6)32(21(5)12-2)27(34)24(17-18-37-10)31-28(35)36-29(7,8)9/h13,15-16,20-21,24-25H,11-12,14,17-18H2,1-10H3,(H,30,33)(H,31,35). The molecule has 0 aliphatic rings. The Morgan fingerprint density at radius 2 is 1.70 bits per heavy atom. The van der Waals surface area contributed by atoms with E-state index in [-0.39, 0.29) is 23.9 Å². The molecule has 0 saturated carbocycles. The van der Waals surface area contributed by atoms with Gasteiger partial charge in [-0.1, -0.05) is 38.5 Å². The molecule has 4 unspecified atom stereocenters. The number of aryl methyl sites for hydroxylation is 1. The number of carbonyl (C=O) groups excluding carboxylic acids is 3. The first-order chi connectivity index (χ1) is 17.3. The lowest BCUT2D eigenvalue weighted by Gasteiger charge is -2.39. The van der Waals surface area contributed by atoms with Crippen LogP contribution in [0.15, 0.2) is 18.2 Å². The van der Waals surface area contributed by atoms with Gasteiger partial charge in [0.05, 0.1) is 0 Å². The highest BCUT2D eigenvalue weighted by atomic mass is 32.2. The lowest BCUT2D eigenvalue weighted by molar-refractivity contribution is -0.145. The number of amides is 3. The Morgan fingerprint density at radius 3 is 2.24 bits per heavy atom. The zero-order valence-corrected chi connectivity index (χ0v) is 25.4. The molecular weight excluding hydrogens is 486 g/mol. The first-order valence-electron chi connectivity index (χ1n) is 13.4. The monoisotopic (exact) mass is 535 g/mol. The number of carbonyl (C=O) groups is 3. The second-order valence-corrected chi connectivity index (χ2v) is 11.9. The molecule has 4 atom stereocenters. The van der Waals surface area contributed by atoms with Crippen molar-refractivity contribution in [3.63, 3.8) is 0 Å². The van der Waals surface area contributed by atoms with Crippen LogP contribution in [0.5, 0.6) is 0 Å². The second-order valence-electron chi connectivity index (χ2n) is 10.9. The number of hydrogen-bond acceptors (Lipinski definition) is 5. The first-order valence-corrected chi connectivity index (χ1v) is 14.8. The largest absolute Gasteiger partial charge is 0.444 e. The van der Waals surface area contributed by atoms with Crippen molar-refractivity contribution in [2.24, 2.45) is 0 Å². The topological polar surface area (TPSA) is 87.7 Å². The van der Waals surface area contributed by atoms with Crippen molar-refractivity contribution < 1.29 is 19.1 Å². The van der Waals surface area contributed by atoms with Crippen LogP contribution in [0.25, 0.3) is 0 Å². The summed E-state index contributed by atoms with van der Waals surface area (Å²) < 4.78 is 5.46. The van der Waals surface area contributed by atoms with Gasteiger partial charge in [-0.3, -0.25) is 9.59 Å². The van der Waals surface area contributed by atoms with E-state index < -0.39 is 23.8 Å². The Balaban J connectivity index is 3.59. The molecule has 7 nitrogen and oxygen atoms in total. The Labute approximate surface area is 228 Å². The molecule has 1 aromatic carbocycles. The smallest absolute Gasteiger partial charge is 0.408 e. The molecule has 1 rings (SSSR count). The minimum Gasteiger partial charge on any atom is -0.444 e. The third kappa shape index (κ3) is 10.2. The molecule has 37 heavy (non-hydrogen) atoms. The summed E-state index contributed by atoms with van der Waals surface area (Å²) in [5.41, 5.74) is 2.15. The molecular formula is C29H49N3O4S. The van der Waals surface area contributed by atoms with E-state index in [2.05, 4.69) is 17.6 Å². The normalized spacial score (nSPS) is 14.8. The van der Waals surface area contributed by atoms with Crippen molar-refractivity contribution in [1.82, 2.24) is 15.5 Å². The fourth-order valence-corrected chi connectivity index (χ4v) is 4.70. The molecule has 0 aliphatic carbocycles. The van der Waals surface area contributed by atoms with Crippen molar-refractivity contribution in [3.8, 4) is 0 Å². The quantitative estimate of drug-likeness (QED) is 0.327. The van der Waals surface area contributed by atoms with E-state index in [4.69, 9.17) is 4.74 Å². The van der Waals surface area contributed by atoms with E-state index in [0.29, 0.717) is 18.6 Å². The number of nitrogens with one attached hydrogen (secondary N) is 2. The Bertz CT molecular complexity index is 900. The third-order valence-electron chi connectivity index (χ3n) is 6.50. The maximum absolute atomic E-state index is 14.2. The predicted molar refractivity (Wildman–Crippen MR) is 154 cm³/mol. The summed E-state index contributed by atoms with van der Waals surface area (Å²) >= 11 is 1.60. The third-order valence-corrected chi connectivity index (χ3v) is 7.14. The summed E-state index contributed by atoms with van der Waals surface area (Å²) in [5, 5.41) is 5.95. The molecule has 0 aromatic heterocycles. The predicted octanol–water partition coefficient (Wildman–Crippen LogP) is 5.92. The fraction of sp³-hybridized carbons (Fsp3) is 0.690. The number of hydrogen-bond donors (Lipinski definition) is 2. The highest BCUT2D eigenvalue weighted by Gasteiger charge is 2.39. The fourth-order valence-electron chi connectivity index (χ4n) is 4.23. The van der Waals surface area contributed by atoms with Crippen LogP contribution in [-0.4, -0.2) is 58.5 Å². The molecule has 1 aromatic rings. The summed E-state index contributed by atoms with van der Waals surface area (Å²) in [6, 6.07) is 3.97. The molecule has 210 valence electrons. The second kappa shape index (κ2) is 15.3. The van der Waals surface area contributed by atoms with Gasteiger partial charge in [-0.25, -0.2) is 4.79 Å². The van der Waals surface area contributed by atoms with Gasteiger partial charge >= 0.3 is 6.09 Å². The van der Waals surface area contributed by atoms with Gasteiger partial charge in [0.15, 0.2) is 0 Å². The first kappa shape index (κ1) is 32.8. The van der Waals surface area contributed by atoms with Crippen LogP contribution in [0, 0.1) is 13.8 Å². The van der Waals surface area contributed by atoms with Crippen LogP contribution >= 0.6 is 11.8 Å². The highest BCUT2D eigenvalue weighted by molar-refractivity contribution is 7.98. The summed E-state index contributed by atoms with van der Waals surface area (Å²) in [6.45, 7) is 17.4. The van der Waals surface area contributed by atoms with Crippen molar-refractivity contribution in [2.45, 2.75) is 118 Å². The number of nitrogens with zero attached hydrogens (tertiary/aromatic N) is 1. The van der Waals surface area contributed by atoms with Crippen molar-refractivity contribution in [1.29, 1.82) is 0 Å². The van der Waals surface area contributed by atoms with E-state index in [1.54, 1.807) is 37.4 Å². The van der Waals surface area contributed by atoms with E-state index in [0.717, 1.165) is 29.5 Å². The van der Waals surface area contributed by atoms with E-state index in [1.165, 1.54) is 0 Å². The number of thioether (sulfide) groups is 1. The Kier molecular flexibility index (Phi) is 13.5. The van der Waals surface area contributed by atoms with Crippen LogP contribution in [0.3, 0.4) is 0 Å². The highest BCUT2D eigenvalue weighted by Crippen LogP contribution is 2.30. The van der Waals surface area contributed by atoms with Gasteiger partial charge in [0.1, 0.15) is 17.7 Å². The zero-order valence-electron chi connectivity index (χ0n) is 24.6. The van der Waals surface area contributed by atoms with Gasteiger partial charge in [0.2, 0.25) is 11.8 Å². The summed E-state index contributed by atoms with van der Waals surface area (Å²) in [5.74, 6) is 0.191. The summed E-state index contributed by atoms with van der Waals surface area (Å²) in [6.07, 6.45) is 4.20. The van der Waals surface area contributed by atoms with Crippen molar-refractivity contribution in [3.05, 3.63) is 34.9 Å². The lowest BCUT2D eigenvalue weighted by atomic mass is 9.93. The van der Waals surface area contributed by atoms with Crippen LogP contribution in [0.1, 0.15) is 96.9 Å². The average Bonchev–Trinajstić information content (AvgIpc) is 2.80. The molecule has 0 heterocycles. The minimum atomic E-state index is -0.820. The van der Waals surface area contributed by atoms with Crippen LogP contribution in [-0.2, 0) is 14.3 Å². The van der Waals surface area contributed by atoms with Crippen LogP contribution in [0.2, 0.25) is 0 Å². The van der Waals surface area contributed by atoms with E-state index in [9.17, 15) is 14.4 Å². The van der Waals surface area contributed by atoms with Gasteiger partial charge in [0, 0.05) is 12.1 Å². The summed E-state index contributed by atoms with van der Waals surface area (Å²) in [7, 11) is 0. The maximum Gasteiger partial charge on any atom is 0.408 e. The molecule has 2 N–H and O–H groups in total. The SMILES string of the molecule is CCCC(C)NC(=O)C(c1cccc(C)c1C)N(C(=O)C(CCSC)NC(=O)OC(C)(C)C)C(C)CC. The molecule has 8 heteroatoms. The number of rotatable bonds is 13.